The number of hydrogen-bond acceptors (Lipinski definition) is 11. The van der Waals surface area contributed by atoms with E-state index in [0.29, 0.717) is 63.1 Å². The molecule has 9 saturated carbocycles. The molecular formula is C71H112O11. The maximum atomic E-state index is 11.2. The predicted octanol–water partition coefficient (Wildman–Crippen LogP) is 16.7. The van der Waals surface area contributed by atoms with Gasteiger partial charge in [0.1, 0.15) is 36.8 Å². The van der Waals surface area contributed by atoms with E-state index in [-0.39, 0.29) is 71.7 Å². The molecule has 462 valence electrons. The van der Waals surface area contributed by atoms with Gasteiger partial charge in [0.25, 0.3) is 0 Å². The van der Waals surface area contributed by atoms with E-state index in [1.54, 1.807) is 16.7 Å². The molecular weight excluding hydrogens is 1030 g/mol. The van der Waals surface area contributed by atoms with Crippen molar-refractivity contribution in [2.75, 3.05) is 0 Å². The molecule has 11 heteroatoms. The Kier molecular flexibility index (Phi) is 23.7. The Labute approximate surface area is 496 Å². The van der Waals surface area contributed by atoms with Crippen molar-refractivity contribution in [2.45, 2.75) is 288 Å². The van der Waals surface area contributed by atoms with Gasteiger partial charge in [-0.3, -0.25) is 24.0 Å². The third kappa shape index (κ3) is 14.8. The first kappa shape index (κ1) is 67.1. The fourth-order valence-corrected chi connectivity index (χ4v) is 19.6. The van der Waals surface area contributed by atoms with Gasteiger partial charge in [0, 0.05) is 70.1 Å². The number of carbonyl (C=O) groups excluding carboxylic acids is 6. The summed E-state index contributed by atoms with van der Waals surface area (Å²) >= 11 is 0. The van der Waals surface area contributed by atoms with Gasteiger partial charge in [-0.2, -0.15) is 0 Å². The number of ether oxygens (including phenoxy) is 5. The minimum Gasteiger partial charge on any atom is -0.462 e. The van der Waals surface area contributed by atoms with E-state index in [9.17, 15) is 28.8 Å². The molecule has 6 unspecified atom stereocenters. The van der Waals surface area contributed by atoms with Crippen LogP contribution in [0.15, 0.2) is 47.6 Å². The monoisotopic (exact) mass is 1140 g/mol. The van der Waals surface area contributed by atoms with Crippen LogP contribution in [0, 0.1) is 74.4 Å². The minimum atomic E-state index is -0.170. The number of fused-ring (bicyclic) bond motifs is 5. The number of hydrogen-bond donors (Lipinski definition) is 0. The average molecular weight is 1140 g/mol. The van der Waals surface area contributed by atoms with Crippen molar-refractivity contribution in [1.82, 2.24) is 0 Å². The van der Waals surface area contributed by atoms with Crippen LogP contribution < -0.4 is 0 Å². The standard InChI is InChI=1S/C15H24O3.4C14H22O2/c1-10(9-16)12-6-7-13-14(18-11(2)17)5-4-8-15(12,13)3;4*1-4-11-7-8-12-13(16-10(2)15)6-5-9-14(11,12)3/h9-10,12-14H,4-8H2,1-3H3;7,12-13H,4-6,8-9H2,1-3H3;2*4,12-13H,5-9H2,1-3H3;4,11-13H,1,5-9H2,2-3H3/b;;11-4+;11-4-;/t10-,12-,13?,14+,15-;3*12?,13-,14+;11?,12?,13-,14+/m10000/s1. The van der Waals surface area contributed by atoms with Crippen LogP contribution in [0.25, 0.3) is 0 Å². The van der Waals surface area contributed by atoms with Crippen molar-refractivity contribution in [1.29, 1.82) is 0 Å². The highest BCUT2D eigenvalue weighted by atomic mass is 16.6. The van der Waals surface area contributed by atoms with Crippen molar-refractivity contribution in [3.8, 4) is 0 Å². The molecule has 0 saturated heterocycles. The summed E-state index contributed by atoms with van der Waals surface area (Å²) in [6.07, 6.45) is 39.6. The fourth-order valence-electron chi connectivity index (χ4n) is 19.6. The van der Waals surface area contributed by atoms with Crippen molar-refractivity contribution in [3.63, 3.8) is 0 Å². The lowest BCUT2D eigenvalue weighted by Crippen LogP contribution is -2.43. The molecule has 11 nitrogen and oxygen atoms in total. The maximum Gasteiger partial charge on any atom is 0.302 e. The Hall–Kier alpha value is -4.02. The number of esters is 5. The molecule has 0 heterocycles. The van der Waals surface area contributed by atoms with Crippen LogP contribution in [-0.2, 0) is 52.5 Å². The Morgan fingerprint density at radius 2 is 0.878 bits per heavy atom. The van der Waals surface area contributed by atoms with Crippen molar-refractivity contribution in [2.24, 2.45) is 74.4 Å². The summed E-state index contributed by atoms with van der Waals surface area (Å²) in [4.78, 5) is 66.7. The zero-order valence-electron chi connectivity index (χ0n) is 53.8. The Morgan fingerprint density at radius 3 is 1.27 bits per heavy atom. The molecule has 0 N–H and O–H groups in total. The van der Waals surface area contributed by atoms with E-state index in [4.69, 9.17) is 23.7 Å². The summed E-state index contributed by atoms with van der Waals surface area (Å²) in [5.74, 6) is 3.15. The Balaban J connectivity index is 0.000000165. The third-order valence-electron chi connectivity index (χ3n) is 23.7. The van der Waals surface area contributed by atoms with Crippen LogP contribution in [0.4, 0.5) is 0 Å². The molecule has 0 aromatic carbocycles. The topological polar surface area (TPSA) is 149 Å². The molecule has 0 radical (unpaired) electrons. The highest BCUT2D eigenvalue weighted by Crippen LogP contribution is 2.61. The van der Waals surface area contributed by atoms with Crippen LogP contribution >= 0.6 is 0 Å². The van der Waals surface area contributed by atoms with E-state index < -0.39 is 0 Å². The quantitative estimate of drug-likeness (QED) is 0.0940. The lowest BCUT2D eigenvalue weighted by molar-refractivity contribution is -0.156. The van der Waals surface area contributed by atoms with Crippen molar-refractivity contribution in [3.05, 3.63) is 47.6 Å². The SMILES string of the molecule is C/C=C1/CCC2[C@@H](OC(C)=O)CCC[C@]12C.C/C=C1\CCC2[C@@H](OC(C)=O)CCC[C@]12C.C=CC1CCC2[C@@H](OC(C)=O)CCC[C@]12C.CC(=O)O[C@H]1CCC[C@@]2(C)C1CC[C@@H]2[C@H](C)C=O.CCC1=CCC2[C@@H](OC(C)=O)CCC[C@]12C. The lowest BCUT2D eigenvalue weighted by atomic mass is 9.62. The zero-order valence-corrected chi connectivity index (χ0v) is 53.8. The Morgan fingerprint density at radius 1 is 0.512 bits per heavy atom. The first-order valence-electron chi connectivity index (χ1n) is 32.7. The van der Waals surface area contributed by atoms with Gasteiger partial charge in [-0.15, -0.1) is 6.58 Å². The molecule has 0 aromatic rings. The van der Waals surface area contributed by atoms with Gasteiger partial charge in [-0.1, -0.05) is 89.5 Å². The fraction of sp³-hybridized carbons (Fsp3) is 0.803. The molecule has 10 aliphatic rings. The van der Waals surface area contributed by atoms with Gasteiger partial charge in [-0.25, -0.2) is 0 Å². The molecule has 10 aliphatic carbocycles. The van der Waals surface area contributed by atoms with Gasteiger partial charge in [0.2, 0.25) is 0 Å². The summed E-state index contributed by atoms with van der Waals surface area (Å²) < 4.78 is 27.5. The van der Waals surface area contributed by atoms with Crippen molar-refractivity contribution >= 4 is 36.1 Å². The second-order valence-corrected chi connectivity index (χ2v) is 28.1. The summed E-state index contributed by atoms with van der Waals surface area (Å²) in [6.45, 7) is 31.8. The number of aldehydes is 1. The van der Waals surface area contributed by atoms with Crippen molar-refractivity contribution < 1.29 is 52.5 Å². The first-order chi connectivity index (χ1) is 38.8. The Bertz CT molecular complexity index is 2270. The van der Waals surface area contributed by atoms with Crippen LogP contribution in [0.3, 0.4) is 0 Å². The first-order valence-corrected chi connectivity index (χ1v) is 32.7. The van der Waals surface area contributed by atoms with Crippen LogP contribution in [0.2, 0.25) is 0 Å². The molecule has 0 aromatic heterocycles. The molecule has 82 heavy (non-hydrogen) atoms. The molecule has 9 fully saturated rings. The summed E-state index contributed by atoms with van der Waals surface area (Å²) in [5, 5.41) is 0. The number of rotatable bonds is 9. The van der Waals surface area contributed by atoms with E-state index in [1.807, 2.05) is 6.92 Å². The minimum absolute atomic E-state index is 0.0742. The van der Waals surface area contributed by atoms with Gasteiger partial charge in [0.15, 0.2) is 0 Å². The van der Waals surface area contributed by atoms with Gasteiger partial charge in [-0.05, 0) is 213 Å². The molecule has 0 bridgehead atoms. The average Bonchev–Trinajstić information content (AvgIpc) is 4.29. The lowest BCUT2D eigenvalue weighted by Gasteiger charge is -2.45. The largest absolute Gasteiger partial charge is 0.462 e. The molecule has 0 aliphatic heterocycles. The normalized spacial score (nSPS) is 40.6. The smallest absolute Gasteiger partial charge is 0.302 e. The van der Waals surface area contributed by atoms with E-state index >= 15 is 0 Å². The second kappa shape index (κ2) is 28.9. The van der Waals surface area contributed by atoms with Gasteiger partial charge >= 0.3 is 29.8 Å². The van der Waals surface area contributed by atoms with Crippen LogP contribution in [0.5, 0.6) is 0 Å². The number of allylic oxidation sites excluding steroid dienone is 7. The maximum absolute atomic E-state index is 11.2. The molecule has 0 amide bonds. The summed E-state index contributed by atoms with van der Waals surface area (Å²) in [5.41, 5.74) is 6.13. The van der Waals surface area contributed by atoms with Gasteiger partial charge in [0.05, 0.1) is 0 Å². The van der Waals surface area contributed by atoms with E-state index in [2.05, 4.69) is 86.3 Å². The molecule has 18 atom stereocenters. The van der Waals surface area contributed by atoms with E-state index in [1.165, 1.54) is 125 Å². The molecule has 0 spiro atoms. The molecule has 10 rings (SSSR count). The van der Waals surface area contributed by atoms with Gasteiger partial charge < -0.3 is 28.5 Å². The van der Waals surface area contributed by atoms with Crippen LogP contribution in [0.1, 0.15) is 257 Å². The summed E-state index contributed by atoms with van der Waals surface area (Å²) in [6, 6.07) is 0. The highest BCUT2D eigenvalue weighted by molar-refractivity contribution is 5.67. The van der Waals surface area contributed by atoms with E-state index in [0.717, 1.165) is 76.9 Å². The highest BCUT2D eigenvalue weighted by Gasteiger charge is 2.55. The second-order valence-electron chi connectivity index (χ2n) is 28.1. The zero-order chi connectivity index (χ0) is 60.4. The third-order valence-corrected chi connectivity index (χ3v) is 23.7. The number of carbonyl (C=O) groups is 6. The predicted molar refractivity (Wildman–Crippen MR) is 325 cm³/mol. The summed E-state index contributed by atoms with van der Waals surface area (Å²) in [7, 11) is 0. The van der Waals surface area contributed by atoms with Crippen LogP contribution in [-0.4, -0.2) is 66.7 Å².